The highest BCUT2D eigenvalue weighted by Gasteiger charge is 2.19. The van der Waals surface area contributed by atoms with Crippen molar-refractivity contribution in [2.24, 2.45) is 11.7 Å². The Kier molecular flexibility index (Phi) is 5.73. The summed E-state index contributed by atoms with van der Waals surface area (Å²) in [5.74, 6) is 0.308. The Labute approximate surface area is 96.9 Å². The maximum Gasteiger partial charge on any atom is 0.323 e. The smallest absolute Gasteiger partial charge is 0.323 e. The monoisotopic (exact) mass is 230 g/mol. The average Bonchev–Trinajstić information content (AvgIpc) is 2.29. The number of nitrogens with zero attached hydrogens (tertiary/aromatic N) is 1. The zero-order chi connectivity index (χ0) is 12.0. The van der Waals surface area contributed by atoms with Gasteiger partial charge in [-0.3, -0.25) is 4.79 Å². The Hall–Kier alpha value is -0.650. The summed E-state index contributed by atoms with van der Waals surface area (Å²) in [6.07, 6.45) is 2.19. The summed E-state index contributed by atoms with van der Waals surface area (Å²) in [5.41, 5.74) is 5.69. The lowest BCUT2D eigenvalue weighted by molar-refractivity contribution is -0.142. The molecule has 1 rings (SSSR count). The minimum Gasteiger partial charge on any atom is -0.468 e. The van der Waals surface area contributed by atoms with Gasteiger partial charge in [0.05, 0.1) is 7.11 Å². The lowest BCUT2D eigenvalue weighted by Crippen LogP contribution is -2.43. The van der Waals surface area contributed by atoms with Crippen molar-refractivity contribution in [2.75, 3.05) is 40.5 Å². The molecule has 94 valence electrons. The first-order valence-electron chi connectivity index (χ1n) is 5.73. The SMILES string of the molecule is COC(=O)C(N)CN(C)CC1CCOCC1. The second kappa shape index (κ2) is 6.83. The van der Waals surface area contributed by atoms with Crippen LogP contribution in [-0.2, 0) is 14.3 Å². The maximum absolute atomic E-state index is 11.1. The van der Waals surface area contributed by atoms with Crippen LogP contribution in [0.3, 0.4) is 0 Å². The Morgan fingerprint density at radius 2 is 2.19 bits per heavy atom. The van der Waals surface area contributed by atoms with Gasteiger partial charge in [-0.05, 0) is 25.8 Å². The normalized spacial score (nSPS) is 19.8. The predicted octanol–water partition coefficient (Wildman–Crippen LogP) is -0.155. The molecule has 0 aromatic heterocycles. The van der Waals surface area contributed by atoms with Crippen molar-refractivity contribution in [3.63, 3.8) is 0 Å². The second-order valence-electron chi connectivity index (χ2n) is 4.41. The van der Waals surface area contributed by atoms with Crippen molar-refractivity contribution in [1.29, 1.82) is 0 Å². The van der Waals surface area contributed by atoms with E-state index in [9.17, 15) is 4.79 Å². The van der Waals surface area contributed by atoms with Crippen molar-refractivity contribution < 1.29 is 14.3 Å². The number of methoxy groups -OCH3 is 1. The molecule has 0 aliphatic carbocycles. The third kappa shape index (κ3) is 4.47. The summed E-state index contributed by atoms with van der Waals surface area (Å²) in [5, 5.41) is 0. The van der Waals surface area contributed by atoms with Crippen LogP contribution < -0.4 is 5.73 Å². The molecule has 1 fully saturated rings. The van der Waals surface area contributed by atoms with Crippen LogP contribution in [0.5, 0.6) is 0 Å². The number of hydrogen-bond acceptors (Lipinski definition) is 5. The summed E-state index contributed by atoms with van der Waals surface area (Å²) >= 11 is 0. The molecule has 0 saturated carbocycles. The van der Waals surface area contributed by atoms with E-state index in [0.717, 1.165) is 32.6 Å². The third-order valence-electron chi connectivity index (χ3n) is 2.92. The minimum atomic E-state index is -0.546. The van der Waals surface area contributed by atoms with Gasteiger partial charge >= 0.3 is 5.97 Å². The van der Waals surface area contributed by atoms with Crippen LogP contribution in [0.1, 0.15) is 12.8 Å². The first kappa shape index (κ1) is 13.4. The summed E-state index contributed by atoms with van der Waals surface area (Å²) in [7, 11) is 3.35. The van der Waals surface area contributed by atoms with E-state index in [2.05, 4.69) is 9.64 Å². The number of nitrogens with two attached hydrogens (primary N) is 1. The number of ether oxygens (including phenoxy) is 2. The molecule has 0 aromatic carbocycles. The van der Waals surface area contributed by atoms with Crippen LogP contribution in [-0.4, -0.2) is 57.4 Å². The Bertz CT molecular complexity index is 217. The molecule has 5 nitrogen and oxygen atoms in total. The molecule has 1 atom stereocenters. The molecule has 0 amide bonds. The van der Waals surface area contributed by atoms with Gasteiger partial charge in [-0.2, -0.15) is 0 Å². The van der Waals surface area contributed by atoms with E-state index < -0.39 is 6.04 Å². The molecule has 0 radical (unpaired) electrons. The fourth-order valence-corrected chi connectivity index (χ4v) is 2.01. The van der Waals surface area contributed by atoms with Crippen molar-refractivity contribution in [3.8, 4) is 0 Å². The van der Waals surface area contributed by atoms with Crippen LogP contribution in [0.15, 0.2) is 0 Å². The van der Waals surface area contributed by atoms with Crippen LogP contribution in [0.4, 0.5) is 0 Å². The number of rotatable bonds is 5. The van der Waals surface area contributed by atoms with Crippen molar-refractivity contribution in [2.45, 2.75) is 18.9 Å². The summed E-state index contributed by atoms with van der Waals surface area (Å²) in [4.78, 5) is 13.2. The van der Waals surface area contributed by atoms with Gasteiger partial charge < -0.3 is 20.1 Å². The van der Waals surface area contributed by atoms with Crippen molar-refractivity contribution in [3.05, 3.63) is 0 Å². The molecule has 2 N–H and O–H groups in total. The zero-order valence-electron chi connectivity index (χ0n) is 10.1. The first-order chi connectivity index (χ1) is 7.63. The van der Waals surface area contributed by atoms with Crippen LogP contribution in [0.25, 0.3) is 0 Å². The average molecular weight is 230 g/mol. The van der Waals surface area contributed by atoms with Gasteiger partial charge in [0.15, 0.2) is 0 Å². The van der Waals surface area contributed by atoms with E-state index in [1.165, 1.54) is 7.11 Å². The van der Waals surface area contributed by atoms with Gasteiger partial charge in [-0.25, -0.2) is 0 Å². The standard InChI is InChI=1S/C11H22N2O3/c1-13(8-10(12)11(14)15-2)7-9-3-5-16-6-4-9/h9-10H,3-8,12H2,1-2H3. The second-order valence-corrected chi connectivity index (χ2v) is 4.41. The fraction of sp³-hybridized carbons (Fsp3) is 0.909. The maximum atomic E-state index is 11.1. The molecule has 1 saturated heterocycles. The molecule has 1 unspecified atom stereocenters. The minimum absolute atomic E-state index is 0.348. The van der Waals surface area contributed by atoms with E-state index >= 15 is 0 Å². The molecule has 0 bridgehead atoms. The molecule has 16 heavy (non-hydrogen) atoms. The lowest BCUT2D eigenvalue weighted by Gasteiger charge is -2.28. The number of carbonyl (C=O) groups excluding carboxylic acids is 1. The molecule has 0 aromatic rings. The number of esters is 1. The van der Waals surface area contributed by atoms with Crippen LogP contribution in [0.2, 0.25) is 0 Å². The van der Waals surface area contributed by atoms with Gasteiger partial charge in [-0.1, -0.05) is 0 Å². The van der Waals surface area contributed by atoms with E-state index in [0.29, 0.717) is 12.5 Å². The van der Waals surface area contributed by atoms with Gasteiger partial charge in [0.25, 0.3) is 0 Å². The number of likely N-dealkylation sites (N-methyl/N-ethyl adjacent to an activating group) is 1. The quantitative estimate of drug-likeness (QED) is 0.665. The first-order valence-corrected chi connectivity index (χ1v) is 5.73. The zero-order valence-corrected chi connectivity index (χ0v) is 10.1. The van der Waals surface area contributed by atoms with Gasteiger partial charge in [0.1, 0.15) is 6.04 Å². The molecule has 0 spiro atoms. The van der Waals surface area contributed by atoms with Gasteiger partial charge in [0.2, 0.25) is 0 Å². The molecule has 1 heterocycles. The Morgan fingerprint density at radius 3 is 2.75 bits per heavy atom. The molecular formula is C11H22N2O3. The van der Waals surface area contributed by atoms with Crippen LogP contribution in [0, 0.1) is 5.92 Å². The van der Waals surface area contributed by atoms with Crippen molar-refractivity contribution in [1.82, 2.24) is 4.90 Å². The molecule has 1 aliphatic rings. The Balaban J connectivity index is 2.23. The highest BCUT2D eigenvalue weighted by atomic mass is 16.5. The van der Waals surface area contributed by atoms with E-state index in [4.69, 9.17) is 10.5 Å². The van der Waals surface area contributed by atoms with Crippen LogP contribution >= 0.6 is 0 Å². The number of hydrogen-bond donors (Lipinski definition) is 1. The topological polar surface area (TPSA) is 64.8 Å². The molecular weight excluding hydrogens is 208 g/mol. The third-order valence-corrected chi connectivity index (χ3v) is 2.92. The fourth-order valence-electron chi connectivity index (χ4n) is 2.01. The van der Waals surface area contributed by atoms with E-state index in [1.807, 2.05) is 7.05 Å². The van der Waals surface area contributed by atoms with E-state index in [1.54, 1.807) is 0 Å². The summed E-state index contributed by atoms with van der Waals surface area (Å²) in [6.45, 7) is 3.21. The van der Waals surface area contributed by atoms with E-state index in [-0.39, 0.29) is 5.97 Å². The lowest BCUT2D eigenvalue weighted by atomic mass is 10.00. The molecule has 5 heteroatoms. The van der Waals surface area contributed by atoms with Gasteiger partial charge in [0, 0.05) is 26.3 Å². The summed E-state index contributed by atoms with van der Waals surface area (Å²) in [6, 6.07) is -0.546. The predicted molar refractivity (Wildman–Crippen MR) is 61.0 cm³/mol. The highest BCUT2D eigenvalue weighted by Crippen LogP contribution is 2.15. The van der Waals surface area contributed by atoms with Gasteiger partial charge in [-0.15, -0.1) is 0 Å². The largest absolute Gasteiger partial charge is 0.468 e. The highest BCUT2D eigenvalue weighted by molar-refractivity contribution is 5.75. The number of carbonyl (C=O) groups is 1. The van der Waals surface area contributed by atoms with Crippen molar-refractivity contribution >= 4 is 5.97 Å². The summed E-state index contributed by atoms with van der Waals surface area (Å²) < 4.78 is 9.89. The Morgan fingerprint density at radius 1 is 1.56 bits per heavy atom. The molecule has 1 aliphatic heterocycles.